The van der Waals surface area contributed by atoms with E-state index >= 15 is 0 Å². The molecule has 0 spiro atoms. The van der Waals surface area contributed by atoms with E-state index < -0.39 is 47.7 Å². The van der Waals surface area contributed by atoms with E-state index in [1.54, 1.807) is 51.9 Å². The molecule has 0 saturated carbocycles. The second-order valence-electron chi connectivity index (χ2n) is 11.9. The molecule has 48 heavy (non-hydrogen) atoms. The summed E-state index contributed by atoms with van der Waals surface area (Å²) in [5, 5.41) is 20.6. The standard InChI is InChI=1S/C34H51N5O9/c1-23(2)29(36-32(42)46-6)30(40)38-39(21-26-14-17-28(18-15-26)48-20-19-45-5)22-27(16-13-25-11-9-8-10-12-25)35-31(41)34(44,24(3)4)37-33(43)47-7/h8-12,14-15,17-18,23-24,27,29,44H,13,16,19-22H2,1-7H3,(H,35,41)(H,36,42)(H,37,43)(H,38,40)/t27-,29-,34+/m0/s1. The molecule has 0 aromatic heterocycles. The third-order valence-electron chi connectivity index (χ3n) is 7.59. The van der Waals surface area contributed by atoms with E-state index in [1.165, 1.54) is 7.11 Å². The van der Waals surface area contributed by atoms with Crippen LogP contribution in [0.15, 0.2) is 54.6 Å². The number of rotatable bonds is 19. The molecule has 4 amide bonds. The van der Waals surface area contributed by atoms with Crippen molar-refractivity contribution in [1.82, 2.24) is 26.4 Å². The first kappa shape index (κ1) is 39.8. The number of carbonyl (C=O) groups is 4. The van der Waals surface area contributed by atoms with E-state index in [1.807, 2.05) is 42.5 Å². The number of nitrogens with one attached hydrogen (secondary N) is 4. The van der Waals surface area contributed by atoms with Gasteiger partial charge in [0.05, 0.1) is 20.8 Å². The van der Waals surface area contributed by atoms with Crippen molar-refractivity contribution in [2.24, 2.45) is 11.8 Å². The van der Waals surface area contributed by atoms with Gasteiger partial charge in [-0.2, -0.15) is 0 Å². The lowest BCUT2D eigenvalue weighted by Crippen LogP contribution is -2.64. The number of aryl methyl sites for hydroxylation is 1. The molecular weight excluding hydrogens is 622 g/mol. The molecule has 0 fully saturated rings. The van der Waals surface area contributed by atoms with Gasteiger partial charge in [0, 0.05) is 32.2 Å². The van der Waals surface area contributed by atoms with E-state index in [4.69, 9.17) is 14.2 Å². The van der Waals surface area contributed by atoms with Gasteiger partial charge in [0.1, 0.15) is 18.4 Å². The van der Waals surface area contributed by atoms with Crippen molar-refractivity contribution >= 4 is 24.0 Å². The summed E-state index contributed by atoms with van der Waals surface area (Å²) >= 11 is 0. The maximum atomic E-state index is 13.6. The van der Waals surface area contributed by atoms with Crippen LogP contribution in [0.4, 0.5) is 9.59 Å². The average Bonchev–Trinajstić information content (AvgIpc) is 3.06. The number of nitrogens with zero attached hydrogens (tertiary/aromatic N) is 1. The number of ether oxygens (including phenoxy) is 4. The number of alkyl carbamates (subject to hydrolysis) is 2. The zero-order valence-electron chi connectivity index (χ0n) is 28.9. The highest BCUT2D eigenvalue weighted by atomic mass is 16.5. The smallest absolute Gasteiger partial charge is 0.409 e. The van der Waals surface area contributed by atoms with Gasteiger partial charge in [-0.15, -0.1) is 0 Å². The zero-order valence-corrected chi connectivity index (χ0v) is 28.9. The number of hydrazine groups is 1. The van der Waals surface area contributed by atoms with Crippen molar-refractivity contribution in [1.29, 1.82) is 0 Å². The summed E-state index contributed by atoms with van der Waals surface area (Å²) in [6, 6.07) is 15.4. The van der Waals surface area contributed by atoms with Crippen molar-refractivity contribution in [2.45, 2.75) is 64.9 Å². The number of aliphatic hydroxyl groups is 1. The van der Waals surface area contributed by atoms with Crippen LogP contribution in [-0.4, -0.2) is 93.0 Å². The van der Waals surface area contributed by atoms with Gasteiger partial charge in [-0.05, 0) is 42.0 Å². The van der Waals surface area contributed by atoms with Crippen molar-refractivity contribution in [3.63, 3.8) is 0 Å². The van der Waals surface area contributed by atoms with Gasteiger partial charge in [0.2, 0.25) is 5.72 Å². The van der Waals surface area contributed by atoms with Gasteiger partial charge < -0.3 is 34.7 Å². The highest BCUT2D eigenvalue weighted by Gasteiger charge is 2.42. The Morgan fingerprint density at radius 2 is 1.48 bits per heavy atom. The van der Waals surface area contributed by atoms with Crippen molar-refractivity contribution in [3.05, 3.63) is 65.7 Å². The van der Waals surface area contributed by atoms with Crippen LogP contribution in [0.2, 0.25) is 0 Å². The minimum absolute atomic E-state index is 0.0891. The Morgan fingerprint density at radius 1 is 0.833 bits per heavy atom. The van der Waals surface area contributed by atoms with E-state index in [0.29, 0.717) is 31.8 Å². The second-order valence-corrected chi connectivity index (χ2v) is 11.9. The summed E-state index contributed by atoms with van der Waals surface area (Å²) in [7, 11) is 3.94. The van der Waals surface area contributed by atoms with Crippen LogP contribution in [0.5, 0.6) is 5.75 Å². The fraction of sp³-hybridized carbons (Fsp3) is 0.529. The number of amides is 4. The van der Waals surface area contributed by atoms with Crippen molar-refractivity contribution in [3.8, 4) is 5.75 Å². The van der Waals surface area contributed by atoms with Crippen LogP contribution in [0.25, 0.3) is 0 Å². The molecule has 0 aliphatic rings. The number of hydrogen-bond donors (Lipinski definition) is 5. The Bertz CT molecular complexity index is 1290. The summed E-state index contributed by atoms with van der Waals surface area (Å²) in [5.74, 6) is -1.68. The molecule has 0 heterocycles. The third-order valence-corrected chi connectivity index (χ3v) is 7.59. The topological polar surface area (TPSA) is 177 Å². The van der Waals surface area contributed by atoms with Crippen LogP contribution in [-0.2, 0) is 36.8 Å². The summed E-state index contributed by atoms with van der Waals surface area (Å²) in [6.45, 7) is 7.88. The van der Waals surface area contributed by atoms with Crippen LogP contribution in [0.3, 0.4) is 0 Å². The average molecular weight is 674 g/mol. The summed E-state index contributed by atoms with van der Waals surface area (Å²) in [5.41, 5.74) is 2.46. The molecule has 0 aliphatic heterocycles. The van der Waals surface area contributed by atoms with Gasteiger partial charge in [-0.3, -0.25) is 20.3 Å². The SMILES string of the molecule is COCCOc1ccc(CN(C[C@H](CCc2ccccc2)NC(=O)[C@@](O)(NC(=O)OC)C(C)C)NC(=O)[C@@H](NC(=O)OC)C(C)C)cc1. The van der Waals surface area contributed by atoms with Crippen LogP contribution in [0.1, 0.15) is 45.2 Å². The molecule has 14 nitrogen and oxygen atoms in total. The van der Waals surface area contributed by atoms with Gasteiger partial charge in [-0.25, -0.2) is 14.6 Å². The Hall–Kier alpha value is -4.40. The molecular formula is C34H51N5O9. The van der Waals surface area contributed by atoms with Gasteiger partial charge in [0.25, 0.3) is 11.8 Å². The highest BCUT2D eigenvalue weighted by molar-refractivity contribution is 5.88. The van der Waals surface area contributed by atoms with E-state index in [9.17, 15) is 24.3 Å². The minimum atomic E-state index is -2.28. The summed E-state index contributed by atoms with van der Waals surface area (Å²) in [4.78, 5) is 51.3. The molecule has 2 aromatic carbocycles. The van der Waals surface area contributed by atoms with Crippen LogP contribution in [0, 0.1) is 11.8 Å². The number of hydrogen-bond acceptors (Lipinski definition) is 10. The molecule has 2 rings (SSSR count). The normalized spacial score (nSPS) is 13.6. The third kappa shape index (κ3) is 13.0. The molecule has 0 aliphatic carbocycles. The molecule has 0 saturated heterocycles. The Labute approximate surface area is 282 Å². The fourth-order valence-corrected chi connectivity index (χ4v) is 4.68. The van der Waals surface area contributed by atoms with Crippen molar-refractivity contribution < 1.29 is 43.2 Å². The molecule has 0 bridgehead atoms. The largest absolute Gasteiger partial charge is 0.491 e. The number of carbonyl (C=O) groups excluding carboxylic acids is 4. The van der Waals surface area contributed by atoms with Crippen LogP contribution >= 0.6 is 0 Å². The first-order chi connectivity index (χ1) is 22.8. The minimum Gasteiger partial charge on any atom is -0.491 e. The molecule has 266 valence electrons. The van der Waals surface area contributed by atoms with Gasteiger partial charge >= 0.3 is 12.2 Å². The number of methoxy groups -OCH3 is 3. The molecule has 2 aromatic rings. The predicted octanol–water partition coefficient (Wildman–Crippen LogP) is 2.74. The Morgan fingerprint density at radius 3 is 2.04 bits per heavy atom. The first-order valence-electron chi connectivity index (χ1n) is 15.9. The molecule has 0 unspecified atom stereocenters. The van der Waals surface area contributed by atoms with Crippen LogP contribution < -0.4 is 26.1 Å². The fourth-order valence-electron chi connectivity index (χ4n) is 4.68. The summed E-state index contributed by atoms with van der Waals surface area (Å²) < 4.78 is 20.1. The summed E-state index contributed by atoms with van der Waals surface area (Å²) in [6.07, 6.45) is -0.749. The zero-order chi connectivity index (χ0) is 35.7. The highest BCUT2D eigenvalue weighted by Crippen LogP contribution is 2.18. The monoisotopic (exact) mass is 673 g/mol. The maximum absolute atomic E-state index is 13.6. The Balaban J connectivity index is 2.43. The lowest BCUT2D eigenvalue weighted by molar-refractivity contribution is -0.149. The predicted molar refractivity (Wildman–Crippen MR) is 179 cm³/mol. The van der Waals surface area contributed by atoms with Gasteiger partial charge in [-0.1, -0.05) is 70.2 Å². The first-order valence-corrected chi connectivity index (χ1v) is 15.9. The maximum Gasteiger partial charge on any atom is 0.409 e. The number of benzene rings is 2. The van der Waals surface area contributed by atoms with E-state index in [-0.39, 0.29) is 19.0 Å². The quantitative estimate of drug-likeness (QED) is 0.0847. The Kier molecular flexibility index (Phi) is 16.6. The van der Waals surface area contributed by atoms with E-state index in [0.717, 1.165) is 18.2 Å². The molecule has 5 N–H and O–H groups in total. The lowest BCUT2D eigenvalue weighted by atomic mass is 9.97. The molecule has 0 radical (unpaired) electrons. The van der Waals surface area contributed by atoms with Gasteiger partial charge in [0.15, 0.2) is 0 Å². The molecule has 14 heteroatoms. The van der Waals surface area contributed by atoms with Crippen molar-refractivity contribution in [2.75, 3.05) is 41.1 Å². The second kappa shape index (κ2) is 20.1. The molecule has 3 atom stereocenters. The van der Waals surface area contributed by atoms with E-state index in [2.05, 4.69) is 26.1 Å². The lowest BCUT2D eigenvalue weighted by Gasteiger charge is -2.35.